The smallest absolute Gasteiger partial charge is 0.156 e. The lowest BCUT2D eigenvalue weighted by Crippen LogP contribution is -2.40. The van der Waals surface area contributed by atoms with Crippen LogP contribution in [0.3, 0.4) is 0 Å². The van der Waals surface area contributed by atoms with Crippen molar-refractivity contribution in [2.45, 2.75) is 25.1 Å². The van der Waals surface area contributed by atoms with Crippen molar-refractivity contribution in [3.8, 4) is 0 Å². The Morgan fingerprint density at radius 2 is 2.00 bits per heavy atom. The molecule has 1 aromatic carbocycles. The van der Waals surface area contributed by atoms with Crippen molar-refractivity contribution in [3.05, 3.63) is 34.6 Å². The molecule has 0 fully saturated rings. The van der Waals surface area contributed by atoms with Crippen LogP contribution >= 0.6 is 11.6 Å². The van der Waals surface area contributed by atoms with Gasteiger partial charge in [-0.2, -0.15) is 0 Å². The normalized spacial score (nSPS) is 12.8. The number of hydrogen-bond donors (Lipinski definition) is 1. The number of hydrogen-bond acceptors (Lipinski definition) is 3. The minimum Gasteiger partial charge on any atom is -0.325 e. The van der Waals surface area contributed by atoms with Gasteiger partial charge in [0.25, 0.3) is 0 Å². The SMILES string of the molecule is CC(C)(N)CS(=O)(=O)Cc1cccc(F)c1Cl. The fourth-order valence-electron chi connectivity index (χ4n) is 1.51. The highest BCUT2D eigenvalue weighted by Gasteiger charge is 2.23. The Kier molecular flexibility index (Phi) is 4.17. The summed E-state index contributed by atoms with van der Waals surface area (Å²) < 4.78 is 36.8. The van der Waals surface area contributed by atoms with E-state index in [0.29, 0.717) is 0 Å². The molecule has 0 amide bonds. The van der Waals surface area contributed by atoms with E-state index in [0.717, 1.165) is 0 Å². The highest BCUT2D eigenvalue weighted by molar-refractivity contribution is 7.90. The van der Waals surface area contributed by atoms with Gasteiger partial charge >= 0.3 is 0 Å². The molecule has 1 aromatic rings. The average Bonchev–Trinajstić information content (AvgIpc) is 2.08. The molecule has 0 aliphatic heterocycles. The van der Waals surface area contributed by atoms with Crippen molar-refractivity contribution in [3.63, 3.8) is 0 Å². The molecule has 2 N–H and O–H groups in total. The first-order valence-electron chi connectivity index (χ1n) is 5.03. The third-order valence-corrected chi connectivity index (χ3v) is 4.36. The first-order valence-corrected chi connectivity index (χ1v) is 7.23. The second-order valence-electron chi connectivity index (χ2n) is 4.73. The molecule has 0 aromatic heterocycles. The molecule has 0 unspecified atom stereocenters. The van der Waals surface area contributed by atoms with Crippen molar-refractivity contribution in [2.75, 3.05) is 5.75 Å². The fourth-order valence-corrected chi connectivity index (χ4v) is 3.74. The number of halogens is 2. The molecule has 0 heterocycles. The van der Waals surface area contributed by atoms with Crippen LogP contribution in [-0.4, -0.2) is 19.7 Å². The lowest BCUT2D eigenvalue weighted by atomic mass is 10.1. The molecule has 0 radical (unpaired) electrons. The molecule has 0 aliphatic rings. The summed E-state index contributed by atoms with van der Waals surface area (Å²) in [6.45, 7) is 3.25. The van der Waals surface area contributed by atoms with Crippen LogP contribution in [0.2, 0.25) is 5.02 Å². The van der Waals surface area contributed by atoms with Gasteiger partial charge in [0.15, 0.2) is 9.84 Å². The largest absolute Gasteiger partial charge is 0.325 e. The molecule has 0 saturated carbocycles. The Morgan fingerprint density at radius 1 is 1.41 bits per heavy atom. The van der Waals surface area contributed by atoms with Crippen molar-refractivity contribution >= 4 is 21.4 Å². The van der Waals surface area contributed by atoms with Crippen molar-refractivity contribution in [1.82, 2.24) is 0 Å². The zero-order chi connectivity index (χ0) is 13.3. The second-order valence-corrected chi connectivity index (χ2v) is 7.18. The molecular weight excluding hydrogens is 265 g/mol. The van der Waals surface area contributed by atoms with Crippen molar-refractivity contribution in [2.24, 2.45) is 5.73 Å². The topological polar surface area (TPSA) is 60.2 Å². The maximum atomic E-state index is 13.1. The molecular formula is C11H15ClFNO2S. The summed E-state index contributed by atoms with van der Waals surface area (Å²) in [6.07, 6.45) is 0. The van der Waals surface area contributed by atoms with Gasteiger partial charge in [-0.3, -0.25) is 0 Å². The molecule has 17 heavy (non-hydrogen) atoms. The maximum absolute atomic E-state index is 13.1. The van der Waals surface area contributed by atoms with Crippen LogP contribution in [0.4, 0.5) is 4.39 Å². The number of sulfone groups is 1. The van der Waals surface area contributed by atoms with Crippen LogP contribution in [0, 0.1) is 5.82 Å². The molecule has 0 saturated heterocycles. The van der Waals surface area contributed by atoms with E-state index in [1.165, 1.54) is 18.2 Å². The van der Waals surface area contributed by atoms with Crippen LogP contribution in [0.15, 0.2) is 18.2 Å². The standard InChI is InChI=1S/C11H15ClFNO2S/c1-11(2,14)7-17(15,16)6-8-4-3-5-9(13)10(8)12/h3-5H,6-7,14H2,1-2H3. The Hall–Kier alpha value is -0.650. The van der Waals surface area contributed by atoms with Crippen LogP contribution in [0.25, 0.3) is 0 Å². The van der Waals surface area contributed by atoms with E-state index < -0.39 is 21.2 Å². The van der Waals surface area contributed by atoms with Crippen LogP contribution in [-0.2, 0) is 15.6 Å². The van der Waals surface area contributed by atoms with E-state index in [9.17, 15) is 12.8 Å². The second kappa shape index (κ2) is 4.92. The van der Waals surface area contributed by atoms with Gasteiger partial charge in [0.1, 0.15) is 5.82 Å². The zero-order valence-corrected chi connectivity index (χ0v) is 11.3. The minimum atomic E-state index is -3.41. The van der Waals surface area contributed by atoms with Gasteiger partial charge in [-0.05, 0) is 25.5 Å². The van der Waals surface area contributed by atoms with Crippen LogP contribution in [0.5, 0.6) is 0 Å². The van der Waals surface area contributed by atoms with E-state index in [-0.39, 0.29) is 22.1 Å². The van der Waals surface area contributed by atoms with E-state index in [2.05, 4.69) is 0 Å². The third kappa shape index (κ3) is 4.61. The van der Waals surface area contributed by atoms with Crippen LogP contribution < -0.4 is 5.73 Å². The van der Waals surface area contributed by atoms with Crippen molar-refractivity contribution in [1.29, 1.82) is 0 Å². The number of benzene rings is 1. The highest BCUT2D eigenvalue weighted by Crippen LogP contribution is 2.22. The highest BCUT2D eigenvalue weighted by atomic mass is 35.5. The monoisotopic (exact) mass is 279 g/mol. The molecule has 0 spiro atoms. The number of nitrogens with two attached hydrogens (primary N) is 1. The first kappa shape index (κ1) is 14.4. The Bertz CT molecular complexity index is 509. The summed E-state index contributed by atoms with van der Waals surface area (Å²) >= 11 is 5.70. The third-order valence-electron chi connectivity index (χ3n) is 2.00. The quantitative estimate of drug-likeness (QED) is 0.918. The van der Waals surface area contributed by atoms with Gasteiger partial charge in [-0.15, -0.1) is 0 Å². The summed E-state index contributed by atoms with van der Waals surface area (Å²) in [7, 11) is -3.41. The Morgan fingerprint density at radius 3 is 2.53 bits per heavy atom. The van der Waals surface area contributed by atoms with Gasteiger partial charge < -0.3 is 5.73 Å². The minimum absolute atomic E-state index is 0.147. The van der Waals surface area contributed by atoms with E-state index >= 15 is 0 Å². The lowest BCUT2D eigenvalue weighted by molar-refractivity contribution is 0.544. The summed E-state index contributed by atoms with van der Waals surface area (Å²) in [5.74, 6) is -1.09. The van der Waals surface area contributed by atoms with Gasteiger partial charge in [0, 0.05) is 5.54 Å². The van der Waals surface area contributed by atoms with Gasteiger partial charge in [0.2, 0.25) is 0 Å². The number of rotatable bonds is 4. The van der Waals surface area contributed by atoms with E-state index in [1.807, 2.05) is 0 Å². The lowest BCUT2D eigenvalue weighted by Gasteiger charge is -2.18. The summed E-state index contributed by atoms with van der Waals surface area (Å²) in [5.41, 5.74) is 5.10. The summed E-state index contributed by atoms with van der Waals surface area (Å²) in [5, 5.41) is -0.147. The Balaban J connectivity index is 2.95. The van der Waals surface area contributed by atoms with Gasteiger partial charge in [-0.1, -0.05) is 23.7 Å². The van der Waals surface area contributed by atoms with Gasteiger partial charge in [-0.25, -0.2) is 12.8 Å². The summed E-state index contributed by atoms with van der Waals surface area (Å²) in [6, 6.07) is 4.11. The molecule has 0 aliphatic carbocycles. The maximum Gasteiger partial charge on any atom is 0.156 e. The molecule has 96 valence electrons. The molecule has 1 rings (SSSR count). The van der Waals surface area contributed by atoms with E-state index in [1.54, 1.807) is 13.8 Å². The average molecular weight is 280 g/mol. The first-order chi connectivity index (χ1) is 7.61. The summed E-state index contributed by atoms with van der Waals surface area (Å²) in [4.78, 5) is 0. The molecule has 0 bridgehead atoms. The molecule has 0 atom stereocenters. The fraction of sp³-hybridized carbons (Fsp3) is 0.455. The molecule has 3 nitrogen and oxygen atoms in total. The predicted octanol–water partition coefficient (Wildman–Crippen LogP) is 2.13. The zero-order valence-electron chi connectivity index (χ0n) is 9.70. The Labute approximate surface area is 106 Å². The molecule has 6 heteroatoms. The van der Waals surface area contributed by atoms with Crippen LogP contribution in [0.1, 0.15) is 19.4 Å². The van der Waals surface area contributed by atoms with Crippen molar-refractivity contribution < 1.29 is 12.8 Å². The van der Waals surface area contributed by atoms with Gasteiger partial charge in [0.05, 0.1) is 16.5 Å². The van der Waals surface area contributed by atoms with E-state index in [4.69, 9.17) is 17.3 Å². The predicted molar refractivity (Wildman–Crippen MR) is 67.2 cm³/mol.